The van der Waals surface area contributed by atoms with Crippen LogP contribution in [0, 0.1) is 5.41 Å². The average Bonchev–Trinajstić information content (AvgIpc) is 2.82. The van der Waals surface area contributed by atoms with E-state index in [2.05, 4.69) is 15.9 Å². The molecule has 72 valence electrons. The maximum atomic E-state index is 10.0. The second kappa shape index (κ2) is 3.35. The summed E-state index contributed by atoms with van der Waals surface area (Å²) in [6.07, 6.45) is 1.74. The maximum Gasteiger partial charge on any atom is 0.0950 e. The van der Waals surface area contributed by atoms with E-state index in [4.69, 9.17) is 5.73 Å². The van der Waals surface area contributed by atoms with Crippen LogP contribution >= 0.6 is 27.3 Å². The van der Waals surface area contributed by atoms with Crippen LogP contribution in [-0.4, -0.2) is 11.7 Å². The van der Waals surface area contributed by atoms with E-state index >= 15 is 0 Å². The van der Waals surface area contributed by atoms with E-state index in [1.807, 2.05) is 12.1 Å². The summed E-state index contributed by atoms with van der Waals surface area (Å²) in [6.45, 7) is 0.587. The number of aliphatic hydroxyl groups is 1. The van der Waals surface area contributed by atoms with Gasteiger partial charge < -0.3 is 10.8 Å². The van der Waals surface area contributed by atoms with Crippen molar-refractivity contribution in [2.45, 2.75) is 18.9 Å². The van der Waals surface area contributed by atoms with Crippen molar-refractivity contribution in [2.24, 2.45) is 11.1 Å². The summed E-state index contributed by atoms with van der Waals surface area (Å²) >= 11 is 4.97. The zero-order valence-corrected chi connectivity index (χ0v) is 9.57. The lowest BCUT2D eigenvalue weighted by atomic mass is 9.98. The quantitative estimate of drug-likeness (QED) is 0.877. The smallest absolute Gasteiger partial charge is 0.0950 e. The number of halogens is 1. The monoisotopic (exact) mass is 261 g/mol. The van der Waals surface area contributed by atoms with Crippen LogP contribution in [0.1, 0.15) is 23.8 Å². The van der Waals surface area contributed by atoms with Crippen LogP contribution in [0.25, 0.3) is 0 Å². The predicted molar refractivity (Wildman–Crippen MR) is 57.7 cm³/mol. The molecule has 1 aliphatic carbocycles. The fourth-order valence-corrected chi connectivity index (χ4v) is 3.08. The van der Waals surface area contributed by atoms with Crippen molar-refractivity contribution < 1.29 is 5.11 Å². The van der Waals surface area contributed by atoms with Gasteiger partial charge in [-0.05, 0) is 40.9 Å². The van der Waals surface area contributed by atoms with Gasteiger partial charge in [0.05, 0.1) is 9.89 Å². The molecule has 0 bridgehead atoms. The first-order valence-corrected chi connectivity index (χ1v) is 5.92. The van der Waals surface area contributed by atoms with Gasteiger partial charge in [0.25, 0.3) is 0 Å². The molecule has 3 N–H and O–H groups in total. The average molecular weight is 262 g/mol. The number of thiophene rings is 1. The first-order valence-electron chi connectivity index (χ1n) is 4.31. The van der Waals surface area contributed by atoms with Crippen molar-refractivity contribution >= 4 is 27.3 Å². The van der Waals surface area contributed by atoms with Crippen LogP contribution < -0.4 is 5.73 Å². The fourth-order valence-electron chi connectivity index (χ4n) is 1.53. The van der Waals surface area contributed by atoms with E-state index < -0.39 is 0 Å². The van der Waals surface area contributed by atoms with Crippen molar-refractivity contribution in [3.63, 3.8) is 0 Å². The van der Waals surface area contributed by atoms with Crippen molar-refractivity contribution in [1.82, 2.24) is 0 Å². The van der Waals surface area contributed by atoms with Crippen molar-refractivity contribution in [3.05, 3.63) is 20.8 Å². The van der Waals surface area contributed by atoms with Crippen LogP contribution in [0.3, 0.4) is 0 Å². The second-order valence-electron chi connectivity index (χ2n) is 3.61. The summed E-state index contributed by atoms with van der Waals surface area (Å²) in [7, 11) is 0. The minimum Gasteiger partial charge on any atom is -0.387 e. The maximum absolute atomic E-state index is 10.0. The Morgan fingerprint density at radius 2 is 2.31 bits per heavy atom. The molecule has 2 rings (SSSR count). The van der Waals surface area contributed by atoms with Crippen molar-refractivity contribution in [1.29, 1.82) is 0 Å². The minimum absolute atomic E-state index is 0.00963. The molecule has 1 heterocycles. The van der Waals surface area contributed by atoms with Crippen LogP contribution in [0.15, 0.2) is 15.9 Å². The van der Waals surface area contributed by atoms with E-state index in [1.54, 1.807) is 11.3 Å². The topological polar surface area (TPSA) is 46.2 Å². The van der Waals surface area contributed by atoms with Crippen LogP contribution in [0.2, 0.25) is 0 Å². The first kappa shape index (κ1) is 9.65. The lowest BCUT2D eigenvalue weighted by Gasteiger charge is -2.18. The predicted octanol–water partition coefficient (Wildman–Crippen LogP) is 2.28. The van der Waals surface area contributed by atoms with E-state index in [-0.39, 0.29) is 11.5 Å². The van der Waals surface area contributed by atoms with Crippen molar-refractivity contribution in [3.8, 4) is 0 Å². The van der Waals surface area contributed by atoms with Gasteiger partial charge in [0.1, 0.15) is 0 Å². The minimum atomic E-state index is -0.367. The largest absolute Gasteiger partial charge is 0.387 e. The number of aliphatic hydroxyl groups excluding tert-OH is 1. The first-order chi connectivity index (χ1) is 6.18. The summed E-state index contributed by atoms with van der Waals surface area (Å²) in [5, 5.41) is 10.0. The Bertz CT molecular complexity index is 308. The molecule has 1 unspecified atom stereocenters. The number of hydrogen-bond acceptors (Lipinski definition) is 3. The van der Waals surface area contributed by atoms with Gasteiger partial charge in [-0.25, -0.2) is 0 Å². The molecular weight excluding hydrogens is 250 g/mol. The molecule has 1 atom stereocenters. The van der Waals surface area contributed by atoms with Crippen molar-refractivity contribution in [2.75, 3.05) is 6.54 Å². The normalized spacial score (nSPS) is 21.5. The van der Waals surface area contributed by atoms with Gasteiger partial charge in [-0.3, -0.25) is 0 Å². The van der Waals surface area contributed by atoms with E-state index in [0.29, 0.717) is 6.54 Å². The zero-order valence-electron chi connectivity index (χ0n) is 7.16. The Kier molecular flexibility index (Phi) is 2.49. The lowest BCUT2D eigenvalue weighted by Crippen LogP contribution is -2.22. The Hall–Kier alpha value is 0.1000. The van der Waals surface area contributed by atoms with Gasteiger partial charge in [-0.2, -0.15) is 0 Å². The van der Waals surface area contributed by atoms with Gasteiger partial charge in [0.15, 0.2) is 0 Å². The highest BCUT2D eigenvalue weighted by atomic mass is 79.9. The summed E-state index contributed by atoms with van der Waals surface area (Å²) < 4.78 is 1.06. The van der Waals surface area contributed by atoms with Gasteiger partial charge >= 0.3 is 0 Å². The molecular formula is C9H12BrNOS. The zero-order chi connectivity index (χ0) is 9.47. The van der Waals surface area contributed by atoms with Crippen LogP contribution in [0.4, 0.5) is 0 Å². The highest BCUT2D eigenvalue weighted by Crippen LogP contribution is 2.55. The van der Waals surface area contributed by atoms with E-state index in [1.165, 1.54) is 0 Å². The third kappa shape index (κ3) is 1.68. The third-order valence-corrected chi connectivity index (χ3v) is 4.42. The molecule has 0 radical (unpaired) electrons. The number of hydrogen-bond donors (Lipinski definition) is 2. The highest BCUT2D eigenvalue weighted by molar-refractivity contribution is 9.11. The van der Waals surface area contributed by atoms with E-state index in [0.717, 1.165) is 21.5 Å². The standard InChI is InChI=1S/C9H12BrNOS/c10-7-2-1-6(13-7)8(12)9(5-11)3-4-9/h1-2,8,12H,3-5,11H2. The van der Waals surface area contributed by atoms with E-state index in [9.17, 15) is 5.11 Å². The summed E-state index contributed by atoms with van der Waals surface area (Å²) in [6, 6.07) is 3.94. The summed E-state index contributed by atoms with van der Waals surface area (Å²) in [4.78, 5) is 1.02. The SMILES string of the molecule is NCC1(C(O)c2ccc(Br)s2)CC1. The molecule has 13 heavy (non-hydrogen) atoms. The number of nitrogens with two attached hydrogens (primary N) is 1. The highest BCUT2D eigenvalue weighted by Gasteiger charge is 2.48. The molecule has 1 aromatic rings. The molecule has 1 saturated carbocycles. The fraction of sp³-hybridized carbons (Fsp3) is 0.556. The lowest BCUT2D eigenvalue weighted by molar-refractivity contribution is 0.101. The van der Waals surface area contributed by atoms with Crippen LogP contribution in [0.5, 0.6) is 0 Å². The van der Waals surface area contributed by atoms with Gasteiger partial charge in [0.2, 0.25) is 0 Å². The molecule has 2 nitrogen and oxygen atoms in total. The van der Waals surface area contributed by atoms with Gasteiger partial charge in [-0.1, -0.05) is 0 Å². The summed E-state index contributed by atoms with van der Waals surface area (Å²) in [5.41, 5.74) is 5.64. The molecule has 1 aromatic heterocycles. The van der Waals surface area contributed by atoms with Crippen LogP contribution in [-0.2, 0) is 0 Å². The molecule has 0 amide bonds. The second-order valence-corrected chi connectivity index (χ2v) is 6.11. The molecule has 0 spiro atoms. The Labute approximate surface area is 89.9 Å². The molecule has 1 fully saturated rings. The Balaban J connectivity index is 2.17. The Morgan fingerprint density at radius 3 is 2.69 bits per heavy atom. The molecule has 0 aliphatic heterocycles. The third-order valence-electron chi connectivity index (χ3n) is 2.74. The summed E-state index contributed by atoms with van der Waals surface area (Å²) in [5.74, 6) is 0. The molecule has 1 aliphatic rings. The number of rotatable bonds is 3. The van der Waals surface area contributed by atoms with Gasteiger partial charge in [-0.15, -0.1) is 11.3 Å². The molecule has 0 aromatic carbocycles. The van der Waals surface area contributed by atoms with Gasteiger partial charge in [0, 0.05) is 16.8 Å². The molecule has 0 saturated heterocycles. The Morgan fingerprint density at radius 1 is 1.62 bits per heavy atom. The molecule has 4 heteroatoms.